The molecule has 1 aromatic carbocycles. The summed E-state index contributed by atoms with van der Waals surface area (Å²) in [6.07, 6.45) is 2.99. The lowest BCUT2D eigenvalue weighted by atomic mass is 10.1. The Hall–Kier alpha value is -2.29. The van der Waals surface area contributed by atoms with E-state index in [1.807, 2.05) is 19.2 Å². The Morgan fingerprint density at radius 3 is 2.50 bits per heavy atom. The van der Waals surface area contributed by atoms with Crippen LogP contribution in [0.2, 0.25) is 0 Å². The van der Waals surface area contributed by atoms with Gasteiger partial charge in [0.2, 0.25) is 0 Å². The van der Waals surface area contributed by atoms with Gasteiger partial charge in [-0.05, 0) is 37.5 Å². The second kappa shape index (κ2) is 4.67. The molecule has 0 amide bonds. The zero-order chi connectivity index (χ0) is 14.3. The number of fused-ring (bicyclic) bond motifs is 1. The molecule has 0 bridgehead atoms. The van der Waals surface area contributed by atoms with E-state index in [9.17, 15) is 0 Å². The second-order valence-electron chi connectivity index (χ2n) is 5.25. The van der Waals surface area contributed by atoms with E-state index in [4.69, 9.17) is 10.7 Å². The molecule has 3 rings (SSSR count). The lowest BCUT2D eigenvalue weighted by molar-refractivity contribution is 1.10. The number of hydrogen-bond acceptors (Lipinski definition) is 2. The minimum Gasteiger partial charge on any atom is -0.398 e. The molecule has 0 aliphatic heterocycles. The van der Waals surface area contributed by atoms with Gasteiger partial charge in [-0.15, -0.1) is 0 Å². The first kappa shape index (κ1) is 12.7. The number of imidazole rings is 1. The molecule has 0 unspecified atom stereocenters. The number of aromatic nitrogens is 2. The smallest absolute Gasteiger partial charge is 0.140 e. The molecule has 0 aliphatic carbocycles. The second-order valence-corrected chi connectivity index (χ2v) is 5.25. The topological polar surface area (TPSA) is 43.3 Å². The lowest BCUT2D eigenvalue weighted by Crippen LogP contribution is -1.94. The van der Waals surface area contributed by atoms with E-state index < -0.39 is 0 Å². The highest BCUT2D eigenvalue weighted by atomic mass is 15.0. The van der Waals surface area contributed by atoms with Crippen molar-refractivity contribution in [1.82, 2.24) is 9.38 Å². The molecule has 0 atom stereocenters. The van der Waals surface area contributed by atoms with E-state index in [-0.39, 0.29) is 0 Å². The van der Waals surface area contributed by atoms with E-state index >= 15 is 0 Å². The van der Waals surface area contributed by atoms with Crippen LogP contribution in [0.3, 0.4) is 0 Å². The van der Waals surface area contributed by atoms with Crippen LogP contribution < -0.4 is 5.73 Å². The fourth-order valence-corrected chi connectivity index (χ4v) is 2.62. The maximum Gasteiger partial charge on any atom is 0.140 e. The van der Waals surface area contributed by atoms with Crippen molar-refractivity contribution in [2.45, 2.75) is 27.2 Å². The first-order chi connectivity index (χ1) is 9.60. The number of nitrogens with two attached hydrogens (primary N) is 1. The Morgan fingerprint density at radius 2 is 1.85 bits per heavy atom. The van der Waals surface area contributed by atoms with Crippen LogP contribution in [-0.2, 0) is 6.42 Å². The Labute approximate surface area is 119 Å². The molecule has 3 heteroatoms. The molecule has 20 heavy (non-hydrogen) atoms. The number of benzene rings is 1. The van der Waals surface area contributed by atoms with Crippen LogP contribution in [-0.4, -0.2) is 9.38 Å². The normalized spacial score (nSPS) is 11.2. The molecule has 102 valence electrons. The van der Waals surface area contributed by atoms with Gasteiger partial charge in [0.25, 0.3) is 0 Å². The van der Waals surface area contributed by atoms with Crippen LogP contribution in [0.25, 0.3) is 16.9 Å². The van der Waals surface area contributed by atoms with Crippen molar-refractivity contribution in [3.05, 3.63) is 53.3 Å². The van der Waals surface area contributed by atoms with Gasteiger partial charge < -0.3 is 10.1 Å². The first-order valence-electron chi connectivity index (χ1n) is 6.94. The molecule has 0 fully saturated rings. The van der Waals surface area contributed by atoms with Gasteiger partial charge in [0.1, 0.15) is 5.65 Å². The largest absolute Gasteiger partial charge is 0.398 e. The summed E-state index contributed by atoms with van der Waals surface area (Å²) < 4.78 is 2.08. The Morgan fingerprint density at radius 1 is 1.15 bits per heavy atom. The van der Waals surface area contributed by atoms with Crippen molar-refractivity contribution in [1.29, 1.82) is 0 Å². The van der Waals surface area contributed by atoms with E-state index in [1.165, 1.54) is 5.56 Å². The van der Waals surface area contributed by atoms with Crippen LogP contribution >= 0.6 is 0 Å². The van der Waals surface area contributed by atoms with Gasteiger partial charge in [0.15, 0.2) is 0 Å². The predicted octanol–water partition coefficient (Wildman–Crippen LogP) is 3.76. The van der Waals surface area contributed by atoms with Crippen molar-refractivity contribution in [2.75, 3.05) is 5.73 Å². The van der Waals surface area contributed by atoms with Crippen molar-refractivity contribution >= 4 is 11.3 Å². The van der Waals surface area contributed by atoms with Gasteiger partial charge in [0.05, 0.1) is 5.69 Å². The highest BCUT2D eigenvalue weighted by molar-refractivity contribution is 5.69. The molecular formula is C17H19N3. The summed E-state index contributed by atoms with van der Waals surface area (Å²) in [5.41, 5.74) is 13.4. The summed E-state index contributed by atoms with van der Waals surface area (Å²) in [5.74, 6) is 0. The number of anilines is 1. The van der Waals surface area contributed by atoms with Crippen LogP contribution in [0.15, 0.2) is 36.5 Å². The van der Waals surface area contributed by atoms with Crippen molar-refractivity contribution in [3.8, 4) is 11.3 Å². The molecule has 0 saturated carbocycles. The fourth-order valence-electron chi connectivity index (χ4n) is 2.62. The molecule has 0 radical (unpaired) electrons. The number of nitrogens with zero attached hydrogens (tertiary/aromatic N) is 2. The minimum atomic E-state index is 0.767. The average molecular weight is 265 g/mol. The molecule has 0 saturated heterocycles. The molecule has 3 nitrogen and oxygen atoms in total. The SMILES string of the molecule is CCc1ccc(-c2nc3c(C)cc(N)cn3c2C)cc1. The standard InChI is InChI=1S/C17H19N3/c1-4-13-5-7-14(8-6-13)16-12(3)20-10-15(18)9-11(2)17(20)19-16/h5-10H,4,18H2,1-3H3. The quantitative estimate of drug-likeness (QED) is 0.766. The third kappa shape index (κ3) is 1.95. The fraction of sp³-hybridized carbons (Fsp3) is 0.235. The van der Waals surface area contributed by atoms with E-state index in [0.29, 0.717) is 0 Å². The van der Waals surface area contributed by atoms with Crippen LogP contribution in [0.1, 0.15) is 23.7 Å². The minimum absolute atomic E-state index is 0.767. The number of rotatable bonds is 2. The zero-order valence-corrected chi connectivity index (χ0v) is 12.1. The summed E-state index contributed by atoms with van der Waals surface area (Å²) in [6.45, 7) is 6.29. The van der Waals surface area contributed by atoms with Crippen LogP contribution in [0, 0.1) is 13.8 Å². The van der Waals surface area contributed by atoms with Crippen molar-refractivity contribution in [2.24, 2.45) is 0 Å². The molecule has 3 aromatic rings. The van der Waals surface area contributed by atoms with Crippen LogP contribution in [0.5, 0.6) is 0 Å². The average Bonchev–Trinajstić information content (AvgIpc) is 2.77. The summed E-state index contributed by atoms with van der Waals surface area (Å²) in [5, 5.41) is 0. The Kier molecular flexibility index (Phi) is 2.97. The van der Waals surface area contributed by atoms with Gasteiger partial charge in [0, 0.05) is 23.1 Å². The Bertz CT molecular complexity index is 767. The maximum atomic E-state index is 5.93. The summed E-state index contributed by atoms with van der Waals surface area (Å²) in [7, 11) is 0. The summed E-state index contributed by atoms with van der Waals surface area (Å²) in [4.78, 5) is 4.79. The van der Waals surface area contributed by atoms with Crippen LogP contribution in [0.4, 0.5) is 5.69 Å². The third-order valence-electron chi connectivity index (χ3n) is 3.80. The first-order valence-corrected chi connectivity index (χ1v) is 6.94. The number of pyridine rings is 1. The van der Waals surface area contributed by atoms with E-state index in [0.717, 1.165) is 40.3 Å². The molecule has 0 spiro atoms. The number of nitrogen functional groups attached to an aromatic ring is 1. The molecule has 0 aliphatic rings. The Balaban J connectivity index is 2.20. The van der Waals surface area contributed by atoms with Crippen molar-refractivity contribution < 1.29 is 0 Å². The zero-order valence-electron chi connectivity index (χ0n) is 12.1. The number of aryl methyl sites for hydroxylation is 3. The van der Waals surface area contributed by atoms with Gasteiger partial charge in [-0.3, -0.25) is 0 Å². The molecule has 2 heterocycles. The van der Waals surface area contributed by atoms with Gasteiger partial charge in [-0.1, -0.05) is 31.2 Å². The number of hydrogen-bond donors (Lipinski definition) is 1. The van der Waals surface area contributed by atoms with Gasteiger partial charge in [-0.25, -0.2) is 4.98 Å². The highest BCUT2D eigenvalue weighted by Gasteiger charge is 2.12. The molecule has 2 N–H and O–H groups in total. The van der Waals surface area contributed by atoms with E-state index in [2.05, 4.69) is 42.5 Å². The van der Waals surface area contributed by atoms with E-state index in [1.54, 1.807) is 0 Å². The maximum absolute atomic E-state index is 5.93. The highest BCUT2D eigenvalue weighted by Crippen LogP contribution is 2.26. The van der Waals surface area contributed by atoms with Crippen molar-refractivity contribution in [3.63, 3.8) is 0 Å². The summed E-state index contributed by atoms with van der Waals surface area (Å²) in [6, 6.07) is 10.6. The monoisotopic (exact) mass is 265 g/mol. The lowest BCUT2D eigenvalue weighted by Gasteiger charge is -2.02. The van der Waals surface area contributed by atoms with Gasteiger partial charge in [-0.2, -0.15) is 0 Å². The summed E-state index contributed by atoms with van der Waals surface area (Å²) >= 11 is 0. The third-order valence-corrected chi connectivity index (χ3v) is 3.80. The predicted molar refractivity (Wildman–Crippen MR) is 83.9 cm³/mol. The molecular weight excluding hydrogens is 246 g/mol. The molecule has 2 aromatic heterocycles. The van der Waals surface area contributed by atoms with Gasteiger partial charge >= 0.3 is 0 Å².